The number of rotatable bonds is 21. The van der Waals surface area contributed by atoms with Gasteiger partial charge in [0.05, 0.1) is 31.5 Å². The highest BCUT2D eigenvalue weighted by Gasteiger charge is 2.65. The maximum atomic E-state index is 14.4. The smallest absolute Gasteiger partial charge is 0.410 e. The van der Waals surface area contributed by atoms with Gasteiger partial charge in [-0.25, -0.2) is 4.79 Å². The zero-order valence-electron chi connectivity index (χ0n) is 35.0. The van der Waals surface area contributed by atoms with Gasteiger partial charge in [-0.3, -0.25) is 9.80 Å². The maximum absolute atomic E-state index is 14.4. The molecule has 12 heteroatoms. The fraction of sp³-hybridized carbons (Fsp3) is 0.733. The molecule has 7 atom stereocenters. The Hall–Kier alpha value is -3.16. The van der Waals surface area contributed by atoms with Crippen LogP contribution >= 0.6 is 0 Å². The van der Waals surface area contributed by atoms with E-state index in [4.69, 9.17) is 33.7 Å². The van der Waals surface area contributed by atoms with Crippen LogP contribution in [-0.4, -0.2) is 116 Å². The molecule has 1 unspecified atom stereocenters. The van der Waals surface area contributed by atoms with Crippen molar-refractivity contribution in [2.75, 3.05) is 65.8 Å². The van der Waals surface area contributed by atoms with Crippen molar-refractivity contribution in [1.82, 2.24) is 9.80 Å². The number of carbonyl (C=O) groups excluding carboxylic acids is 1. The lowest BCUT2D eigenvalue weighted by Gasteiger charge is -2.60. The van der Waals surface area contributed by atoms with E-state index in [-0.39, 0.29) is 49.6 Å². The van der Waals surface area contributed by atoms with E-state index in [0.29, 0.717) is 51.2 Å². The molecule has 1 aromatic carbocycles. The van der Waals surface area contributed by atoms with Gasteiger partial charge >= 0.3 is 6.09 Å². The largest absolute Gasteiger partial charge is 0.492 e. The minimum Gasteiger partial charge on any atom is -0.492 e. The molecule has 0 aromatic heterocycles. The Morgan fingerprint density at radius 3 is 2.60 bits per heavy atom. The lowest BCUT2D eigenvalue weighted by atomic mass is 9.55. The predicted octanol–water partition coefficient (Wildman–Crippen LogP) is 7.44. The summed E-state index contributed by atoms with van der Waals surface area (Å²) in [7, 11) is 0. The van der Waals surface area contributed by atoms with Crippen LogP contribution < -0.4 is 9.47 Å². The molecule has 2 N–H and O–H groups in total. The molecular formula is C45H69N3O9. The molecular weight excluding hydrogens is 727 g/mol. The van der Waals surface area contributed by atoms with Gasteiger partial charge in [-0.2, -0.15) is 0 Å². The number of unbranched alkanes of at least 4 members (excludes halogenated alkanes) is 2. The average molecular weight is 796 g/mol. The van der Waals surface area contributed by atoms with Crippen molar-refractivity contribution >= 4 is 11.8 Å². The van der Waals surface area contributed by atoms with Crippen molar-refractivity contribution in [3.05, 3.63) is 48.1 Å². The van der Waals surface area contributed by atoms with Crippen LogP contribution in [0.1, 0.15) is 110 Å². The van der Waals surface area contributed by atoms with Crippen molar-refractivity contribution in [3.63, 3.8) is 0 Å². The number of hydrogen-bond donors (Lipinski definition) is 2. The Bertz CT molecular complexity index is 1530. The summed E-state index contributed by atoms with van der Waals surface area (Å²) in [4.78, 5) is 24.8. The summed E-state index contributed by atoms with van der Waals surface area (Å²) in [6.07, 6.45) is 11.9. The number of benzene rings is 1. The van der Waals surface area contributed by atoms with E-state index in [1.807, 2.05) is 12.1 Å². The van der Waals surface area contributed by atoms with E-state index in [2.05, 4.69) is 51.3 Å². The van der Waals surface area contributed by atoms with Crippen molar-refractivity contribution in [3.8, 4) is 11.5 Å². The SMILES string of the molecule is C=CCO[C@@]12Oc3ccc(OCCN4CC4)cc3[C@H]3[C@H](CCCCO)[C@@H](CCCCO)C=C(C(=NOC4CCCCO4)C[C@@H]1N(CCC)C(=O)OCC(C)(C)C)[C@H]32. The van der Waals surface area contributed by atoms with Crippen LogP contribution in [0.4, 0.5) is 4.79 Å². The first kappa shape index (κ1) is 43.4. The summed E-state index contributed by atoms with van der Waals surface area (Å²) in [5.41, 5.74) is 2.57. The van der Waals surface area contributed by atoms with Crippen LogP contribution in [0.3, 0.4) is 0 Å². The fourth-order valence-electron chi connectivity index (χ4n) is 9.22. The zero-order chi connectivity index (χ0) is 40.4. The first-order valence-electron chi connectivity index (χ1n) is 21.8. The molecule has 3 aliphatic heterocycles. The lowest BCUT2D eigenvalue weighted by Crippen LogP contribution is -2.70. The highest BCUT2D eigenvalue weighted by atomic mass is 16.8. The number of oxime groups is 1. The Kier molecular flexibility index (Phi) is 15.4. The highest BCUT2D eigenvalue weighted by Crippen LogP contribution is 2.62. The van der Waals surface area contributed by atoms with Crippen LogP contribution in [0.15, 0.2) is 47.7 Å². The quantitative estimate of drug-likeness (QED) is 0.0561. The molecule has 57 heavy (non-hydrogen) atoms. The van der Waals surface area contributed by atoms with Gasteiger partial charge in [-0.1, -0.05) is 57.8 Å². The van der Waals surface area contributed by atoms with Crippen LogP contribution in [0, 0.1) is 23.2 Å². The standard InChI is InChI=1S/C45H69N3O9/c1-6-19-48(43(51)54-31-44(3,4)5)39-30-37(46-57-40-16-10-13-26-53-40)35-28-32(14-8-11-23-49)34(15-9-12-24-50)41-36-29-33(52-27-22-47-20-21-47)17-18-38(36)56-45(39,42(35)41)55-25-7-2/h7,17-18,28-29,32,34,39-42,49-50H,2,6,8-16,19-27,30-31H2,1,3-5H3/t32-,34+,39-,40?,41+,42+,45+/m0/s1. The molecule has 12 nitrogen and oxygen atoms in total. The molecule has 0 bridgehead atoms. The van der Waals surface area contributed by atoms with Crippen molar-refractivity contribution in [2.45, 2.75) is 122 Å². The molecule has 2 aliphatic carbocycles. The molecule has 0 radical (unpaired) electrons. The molecule has 1 saturated carbocycles. The summed E-state index contributed by atoms with van der Waals surface area (Å²) in [5, 5.41) is 24.7. The summed E-state index contributed by atoms with van der Waals surface area (Å²) in [6.45, 7) is 17.7. The van der Waals surface area contributed by atoms with Gasteiger partial charge in [-0.15, -0.1) is 6.58 Å². The van der Waals surface area contributed by atoms with Gasteiger partial charge in [0.2, 0.25) is 12.1 Å². The Morgan fingerprint density at radius 2 is 1.91 bits per heavy atom. The van der Waals surface area contributed by atoms with Crippen molar-refractivity contribution in [1.29, 1.82) is 0 Å². The van der Waals surface area contributed by atoms with Gasteiger partial charge < -0.3 is 38.7 Å². The van der Waals surface area contributed by atoms with Gasteiger partial charge in [-0.05, 0) is 86.0 Å². The number of carbonyl (C=O) groups is 1. The number of amides is 1. The number of aliphatic hydroxyl groups excluding tert-OH is 2. The second-order valence-electron chi connectivity index (χ2n) is 17.7. The van der Waals surface area contributed by atoms with Gasteiger partial charge in [0.15, 0.2) is 0 Å². The van der Waals surface area contributed by atoms with Gasteiger partial charge in [0.25, 0.3) is 0 Å². The minimum absolute atomic E-state index is 0.125. The minimum atomic E-state index is -1.33. The molecule has 1 amide bonds. The molecule has 3 fully saturated rings. The number of fused-ring (bicyclic) bond motifs is 2. The summed E-state index contributed by atoms with van der Waals surface area (Å²) in [6, 6.07) is 5.50. The summed E-state index contributed by atoms with van der Waals surface area (Å²) < 4.78 is 32.9. The number of nitrogens with zero attached hydrogens (tertiary/aromatic N) is 3. The fourth-order valence-corrected chi connectivity index (χ4v) is 9.22. The van der Waals surface area contributed by atoms with Crippen molar-refractivity contribution in [2.24, 2.45) is 28.3 Å². The second kappa shape index (κ2) is 20.2. The van der Waals surface area contributed by atoms with E-state index in [0.717, 1.165) is 87.2 Å². The zero-order valence-corrected chi connectivity index (χ0v) is 35.0. The molecule has 3 heterocycles. The Balaban J connectivity index is 1.54. The first-order valence-corrected chi connectivity index (χ1v) is 21.8. The third-order valence-corrected chi connectivity index (χ3v) is 12.0. The molecule has 0 spiro atoms. The molecule has 1 aromatic rings. The van der Waals surface area contributed by atoms with E-state index in [9.17, 15) is 15.0 Å². The number of hydrogen-bond acceptors (Lipinski definition) is 11. The molecule has 2 saturated heterocycles. The van der Waals surface area contributed by atoms with Gasteiger partial charge in [0.1, 0.15) is 24.1 Å². The first-order chi connectivity index (χ1) is 27.6. The summed E-state index contributed by atoms with van der Waals surface area (Å²) >= 11 is 0. The lowest BCUT2D eigenvalue weighted by molar-refractivity contribution is -0.255. The topological polar surface area (TPSA) is 132 Å². The Morgan fingerprint density at radius 1 is 1.12 bits per heavy atom. The van der Waals surface area contributed by atoms with E-state index >= 15 is 0 Å². The molecule has 5 aliphatic rings. The second-order valence-corrected chi connectivity index (χ2v) is 17.7. The molecule has 6 rings (SSSR count). The normalized spacial score (nSPS) is 28.7. The summed E-state index contributed by atoms with van der Waals surface area (Å²) in [5.74, 6) is -0.0922. The number of allylic oxidation sites excluding steroid dienone is 1. The van der Waals surface area contributed by atoms with Crippen LogP contribution in [0.25, 0.3) is 0 Å². The monoisotopic (exact) mass is 796 g/mol. The number of ether oxygens (including phenoxy) is 5. The molecule has 318 valence electrons. The third kappa shape index (κ3) is 10.7. The predicted molar refractivity (Wildman–Crippen MR) is 219 cm³/mol. The van der Waals surface area contributed by atoms with Crippen LogP contribution in [0.5, 0.6) is 11.5 Å². The average Bonchev–Trinajstić information content (AvgIpc) is 4.03. The number of aliphatic hydroxyl groups is 2. The Labute approximate surface area is 340 Å². The van der Waals surface area contributed by atoms with Crippen LogP contribution in [0.2, 0.25) is 0 Å². The van der Waals surface area contributed by atoms with Crippen LogP contribution in [-0.2, 0) is 19.0 Å². The van der Waals surface area contributed by atoms with E-state index in [1.54, 1.807) is 11.0 Å². The van der Waals surface area contributed by atoms with Crippen molar-refractivity contribution < 1.29 is 43.5 Å². The van der Waals surface area contributed by atoms with E-state index in [1.165, 1.54) is 0 Å². The van der Waals surface area contributed by atoms with Gasteiger partial charge in [0, 0.05) is 63.7 Å². The maximum Gasteiger partial charge on any atom is 0.410 e. The highest BCUT2D eigenvalue weighted by molar-refractivity contribution is 6.03. The third-order valence-electron chi connectivity index (χ3n) is 12.0. The van der Waals surface area contributed by atoms with E-state index < -0.39 is 30.1 Å².